The van der Waals surface area contributed by atoms with Crippen LogP contribution < -0.4 is 0 Å². The van der Waals surface area contributed by atoms with Gasteiger partial charge in [0.2, 0.25) is 17.6 Å². The summed E-state index contributed by atoms with van der Waals surface area (Å²) in [6, 6.07) is 28.3. The predicted molar refractivity (Wildman–Crippen MR) is 143 cm³/mol. The van der Waals surface area contributed by atoms with E-state index >= 15 is 0 Å². The van der Waals surface area contributed by atoms with Crippen LogP contribution in [0, 0.1) is 5.92 Å². The van der Waals surface area contributed by atoms with Crippen molar-refractivity contribution in [1.82, 2.24) is 19.9 Å². The predicted octanol–water partition coefficient (Wildman–Crippen LogP) is 5.94. The van der Waals surface area contributed by atoms with Gasteiger partial charge in [0.1, 0.15) is 0 Å². The lowest BCUT2D eigenvalue weighted by Gasteiger charge is -2.34. The number of hydrogen-bond acceptors (Lipinski definition) is 5. The molecule has 4 aromatic rings. The highest BCUT2D eigenvalue weighted by molar-refractivity contribution is 9.10. The number of carbonyl (C=O) groups excluding carboxylic acids is 1. The maximum atomic E-state index is 13.6. The highest BCUT2D eigenvalue weighted by atomic mass is 79.9. The summed E-state index contributed by atoms with van der Waals surface area (Å²) in [5.74, 6) is 1.46. The number of nitrogens with zero attached hydrogens (tertiary/aromatic N) is 4. The van der Waals surface area contributed by atoms with Gasteiger partial charge in [-0.2, -0.15) is 4.98 Å². The van der Waals surface area contributed by atoms with Crippen LogP contribution >= 0.6 is 15.9 Å². The van der Waals surface area contributed by atoms with Gasteiger partial charge in [0.05, 0.1) is 6.54 Å². The molecule has 3 aromatic carbocycles. The van der Waals surface area contributed by atoms with Gasteiger partial charge >= 0.3 is 0 Å². The Morgan fingerprint density at radius 3 is 2.06 bits per heavy atom. The number of likely N-dealkylation sites (tertiary alicyclic amines) is 1. The summed E-state index contributed by atoms with van der Waals surface area (Å²) in [5, 5.41) is 4.14. The first-order chi connectivity index (χ1) is 17.6. The van der Waals surface area contributed by atoms with E-state index in [0.717, 1.165) is 47.1 Å². The van der Waals surface area contributed by atoms with Crippen LogP contribution in [0.3, 0.4) is 0 Å². The lowest BCUT2D eigenvalue weighted by Crippen LogP contribution is -2.42. The summed E-state index contributed by atoms with van der Waals surface area (Å²) in [7, 11) is 0. The summed E-state index contributed by atoms with van der Waals surface area (Å²) in [5.41, 5.74) is 3.23. The third-order valence-corrected chi connectivity index (χ3v) is 7.14. The van der Waals surface area contributed by atoms with Crippen molar-refractivity contribution in [2.45, 2.75) is 32.5 Å². The standard InChI is InChI=1S/C29H29BrN4O2/c30-26-13-11-24(12-14-26)28-31-27(36-32-28)21-33-17-15-25(16-18-33)29(35)34(19-22-7-3-1-4-8-22)20-23-9-5-2-6-10-23/h1-14,25H,15-21H2. The molecular weight excluding hydrogens is 516 g/mol. The Hall–Kier alpha value is -3.29. The Morgan fingerprint density at radius 1 is 0.889 bits per heavy atom. The highest BCUT2D eigenvalue weighted by Gasteiger charge is 2.29. The number of hydrogen-bond donors (Lipinski definition) is 0. The first-order valence-corrected chi connectivity index (χ1v) is 13.1. The molecule has 0 atom stereocenters. The zero-order valence-corrected chi connectivity index (χ0v) is 21.7. The Balaban J connectivity index is 1.19. The number of carbonyl (C=O) groups is 1. The molecular formula is C29H29BrN4O2. The molecule has 1 aliphatic rings. The molecule has 184 valence electrons. The SMILES string of the molecule is O=C(C1CCN(Cc2nc(-c3ccc(Br)cc3)no2)CC1)N(Cc1ccccc1)Cc1ccccc1. The lowest BCUT2D eigenvalue weighted by molar-refractivity contribution is -0.138. The summed E-state index contributed by atoms with van der Waals surface area (Å²) in [4.78, 5) is 22.5. The minimum absolute atomic E-state index is 0.0229. The molecule has 1 aliphatic heterocycles. The molecule has 6 nitrogen and oxygen atoms in total. The number of halogens is 1. The lowest BCUT2D eigenvalue weighted by atomic mass is 9.94. The number of piperidine rings is 1. The van der Waals surface area contributed by atoms with Crippen LogP contribution in [-0.2, 0) is 24.4 Å². The fourth-order valence-corrected chi connectivity index (χ4v) is 4.91. The first-order valence-electron chi connectivity index (χ1n) is 12.3. The molecule has 1 aromatic heterocycles. The van der Waals surface area contributed by atoms with Gasteiger partial charge in [-0.3, -0.25) is 9.69 Å². The molecule has 1 amide bonds. The first kappa shape index (κ1) is 24.4. The van der Waals surface area contributed by atoms with Crippen molar-refractivity contribution in [2.24, 2.45) is 5.92 Å². The second kappa shape index (κ2) is 11.6. The maximum Gasteiger partial charge on any atom is 0.241 e. The van der Waals surface area contributed by atoms with Crippen molar-refractivity contribution >= 4 is 21.8 Å². The third kappa shape index (κ3) is 6.28. The minimum Gasteiger partial charge on any atom is -0.338 e. The average Bonchev–Trinajstić information content (AvgIpc) is 3.38. The highest BCUT2D eigenvalue weighted by Crippen LogP contribution is 2.24. The molecule has 2 heterocycles. The Labute approximate surface area is 220 Å². The van der Waals surface area contributed by atoms with E-state index in [1.54, 1.807) is 0 Å². The fourth-order valence-electron chi connectivity index (χ4n) is 4.64. The van der Waals surface area contributed by atoms with Gasteiger partial charge in [-0.25, -0.2) is 0 Å². The van der Waals surface area contributed by atoms with E-state index in [0.29, 0.717) is 31.3 Å². The van der Waals surface area contributed by atoms with Crippen LogP contribution in [0.1, 0.15) is 29.9 Å². The zero-order chi connectivity index (χ0) is 24.7. The second-order valence-corrected chi connectivity index (χ2v) is 10.2. The van der Waals surface area contributed by atoms with Crippen molar-refractivity contribution in [1.29, 1.82) is 0 Å². The third-order valence-electron chi connectivity index (χ3n) is 6.61. The summed E-state index contributed by atoms with van der Waals surface area (Å²) < 4.78 is 6.52. The normalized spacial score (nSPS) is 14.6. The Morgan fingerprint density at radius 2 is 1.47 bits per heavy atom. The molecule has 0 bridgehead atoms. The van der Waals surface area contributed by atoms with E-state index < -0.39 is 0 Å². The van der Waals surface area contributed by atoms with Gasteiger partial charge in [-0.1, -0.05) is 81.8 Å². The van der Waals surface area contributed by atoms with Crippen LogP contribution in [0.15, 0.2) is 93.9 Å². The molecule has 0 radical (unpaired) electrons. The smallest absolute Gasteiger partial charge is 0.241 e. The molecule has 1 saturated heterocycles. The van der Waals surface area contributed by atoms with E-state index in [1.165, 1.54) is 0 Å². The van der Waals surface area contributed by atoms with Crippen molar-refractivity contribution < 1.29 is 9.32 Å². The number of aromatic nitrogens is 2. The van der Waals surface area contributed by atoms with E-state index in [-0.39, 0.29) is 11.8 Å². The largest absolute Gasteiger partial charge is 0.338 e. The van der Waals surface area contributed by atoms with Crippen molar-refractivity contribution in [3.05, 3.63) is 106 Å². The summed E-state index contributed by atoms with van der Waals surface area (Å²) >= 11 is 3.45. The molecule has 0 N–H and O–H groups in total. The molecule has 0 aliphatic carbocycles. The monoisotopic (exact) mass is 544 g/mol. The second-order valence-electron chi connectivity index (χ2n) is 9.23. The summed E-state index contributed by atoms with van der Waals surface area (Å²) in [6.45, 7) is 3.50. The van der Waals surface area contributed by atoms with E-state index in [4.69, 9.17) is 4.52 Å². The molecule has 7 heteroatoms. The van der Waals surface area contributed by atoms with Crippen molar-refractivity contribution in [2.75, 3.05) is 13.1 Å². The van der Waals surface area contributed by atoms with Gasteiger partial charge in [0.15, 0.2) is 0 Å². The molecule has 0 unspecified atom stereocenters. The molecule has 0 spiro atoms. The van der Waals surface area contributed by atoms with Gasteiger partial charge in [0.25, 0.3) is 0 Å². The summed E-state index contributed by atoms with van der Waals surface area (Å²) in [6.07, 6.45) is 1.65. The average molecular weight is 545 g/mol. The molecule has 36 heavy (non-hydrogen) atoms. The number of benzene rings is 3. The number of rotatable bonds is 8. The quantitative estimate of drug-likeness (QED) is 0.274. The van der Waals surface area contributed by atoms with Gasteiger partial charge in [-0.15, -0.1) is 0 Å². The van der Waals surface area contributed by atoms with Gasteiger partial charge < -0.3 is 9.42 Å². The van der Waals surface area contributed by atoms with Crippen LogP contribution in [0.5, 0.6) is 0 Å². The maximum absolute atomic E-state index is 13.6. The van der Waals surface area contributed by atoms with E-state index in [1.807, 2.05) is 65.6 Å². The van der Waals surface area contributed by atoms with Crippen molar-refractivity contribution in [3.63, 3.8) is 0 Å². The van der Waals surface area contributed by atoms with Gasteiger partial charge in [-0.05, 0) is 61.3 Å². The van der Waals surface area contributed by atoms with Crippen LogP contribution in [0.4, 0.5) is 0 Å². The topological polar surface area (TPSA) is 62.5 Å². The molecule has 0 saturated carbocycles. The number of amides is 1. The molecule has 5 rings (SSSR count). The zero-order valence-electron chi connectivity index (χ0n) is 20.1. The fraction of sp³-hybridized carbons (Fsp3) is 0.276. The van der Waals surface area contributed by atoms with Crippen LogP contribution in [-0.4, -0.2) is 38.9 Å². The minimum atomic E-state index is 0.0229. The Kier molecular flexibility index (Phi) is 7.88. The molecule has 1 fully saturated rings. The van der Waals surface area contributed by atoms with Crippen LogP contribution in [0.25, 0.3) is 11.4 Å². The van der Waals surface area contributed by atoms with Crippen LogP contribution in [0.2, 0.25) is 0 Å². The van der Waals surface area contributed by atoms with Gasteiger partial charge in [0, 0.05) is 29.0 Å². The van der Waals surface area contributed by atoms with E-state index in [2.05, 4.69) is 55.2 Å². The Bertz CT molecular complexity index is 1210. The van der Waals surface area contributed by atoms with E-state index in [9.17, 15) is 4.79 Å². The van der Waals surface area contributed by atoms with Crippen molar-refractivity contribution in [3.8, 4) is 11.4 Å².